The van der Waals surface area contributed by atoms with E-state index in [0.717, 1.165) is 16.7 Å². The molecule has 0 aliphatic rings. The van der Waals surface area contributed by atoms with Crippen LogP contribution in [0.4, 0.5) is 5.69 Å². The Hall–Kier alpha value is -4.27. The molecule has 0 unspecified atom stereocenters. The number of aromatic nitrogens is 2. The third-order valence-corrected chi connectivity index (χ3v) is 5.64. The highest BCUT2D eigenvalue weighted by molar-refractivity contribution is 5.97. The van der Waals surface area contributed by atoms with E-state index in [-0.39, 0.29) is 42.9 Å². The van der Waals surface area contributed by atoms with Gasteiger partial charge in [-0.05, 0) is 42.3 Å². The molecule has 0 spiro atoms. The molecule has 37 heavy (non-hydrogen) atoms. The number of nitrogens with one attached hydrogen (secondary N) is 3. The number of anilines is 1. The Morgan fingerprint density at radius 3 is 2.14 bits per heavy atom. The molecule has 3 N–H and O–H groups in total. The summed E-state index contributed by atoms with van der Waals surface area (Å²) in [6.07, 6.45) is 0.928. The number of amides is 3. The summed E-state index contributed by atoms with van der Waals surface area (Å²) in [5.74, 6) is -0.806. The second-order valence-corrected chi connectivity index (χ2v) is 9.65. The Kier molecular flexibility index (Phi) is 8.95. The van der Waals surface area contributed by atoms with Gasteiger partial charge in [0.05, 0.1) is 5.69 Å². The predicted octanol–water partition coefficient (Wildman–Crippen LogP) is 3.00. The van der Waals surface area contributed by atoms with Gasteiger partial charge in [0.15, 0.2) is 0 Å². The van der Waals surface area contributed by atoms with Crippen molar-refractivity contribution in [1.29, 1.82) is 0 Å². The molecule has 1 heterocycles. The van der Waals surface area contributed by atoms with Crippen molar-refractivity contribution in [1.82, 2.24) is 20.4 Å². The Bertz CT molecular complexity index is 1310. The number of hydrogen-bond acceptors (Lipinski definition) is 5. The van der Waals surface area contributed by atoms with E-state index in [1.807, 2.05) is 45.0 Å². The largest absolute Gasteiger partial charge is 0.353 e. The lowest BCUT2D eigenvalue weighted by atomic mass is 9.95. The van der Waals surface area contributed by atoms with Gasteiger partial charge in [0, 0.05) is 41.4 Å². The molecule has 2 aromatic carbocycles. The van der Waals surface area contributed by atoms with Crippen LogP contribution in [0.25, 0.3) is 11.3 Å². The Morgan fingerprint density at radius 2 is 1.51 bits per heavy atom. The number of rotatable bonds is 9. The Morgan fingerprint density at radius 1 is 0.865 bits per heavy atom. The minimum Gasteiger partial charge on any atom is -0.353 e. The molecular formula is C28H33N5O4. The molecule has 0 saturated heterocycles. The van der Waals surface area contributed by atoms with E-state index in [2.05, 4.69) is 28.0 Å². The van der Waals surface area contributed by atoms with Crippen molar-refractivity contribution < 1.29 is 14.4 Å². The fourth-order valence-electron chi connectivity index (χ4n) is 3.32. The number of carbonyl (C=O) groups is 3. The number of aryl methyl sites for hydroxylation is 1. The summed E-state index contributed by atoms with van der Waals surface area (Å²) in [5, 5.41) is 12.5. The maximum Gasteiger partial charge on any atom is 0.267 e. The van der Waals surface area contributed by atoms with Gasteiger partial charge in [0.1, 0.15) is 6.54 Å². The maximum atomic E-state index is 12.4. The van der Waals surface area contributed by atoms with Crippen LogP contribution in [0.2, 0.25) is 0 Å². The number of nitrogens with zero attached hydrogens (tertiary/aromatic N) is 2. The second kappa shape index (κ2) is 12.1. The third-order valence-electron chi connectivity index (χ3n) is 5.64. The van der Waals surface area contributed by atoms with Crippen molar-refractivity contribution in [3.05, 3.63) is 82.1 Å². The zero-order valence-electron chi connectivity index (χ0n) is 21.6. The summed E-state index contributed by atoms with van der Waals surface area (Å²) in [5.41, 5.74) is 2.80. The predicted molar refractivity (Wildman–Crippen MR) is 143 cm³/mol. The van der Waals surface area contributed by atoms with Gasteiger partial charge in [-0.1, -0.05) is 52.0 Å². The van der Waals surface area contributed by atoms with Crippen LogP contribution in [0, 0.1) is 5.41 Å². The van der Waals surface area contributed by atoms with Crippen LogP contribution in [0.15, 0.2) is 65.5 Å². The summed E-state index contributed by atoms with van der Waals surface area (Å²) in [6, 6.07) is 17.5. The van der Waals surface area contributed by atoms with E-state index in [1.54, 1.807) is 30.3 Å². The number of benzene rings is 2. The van der Waals surface area contributed by atoms with E-state index in [1.165, 1.54) is 11.6 Å². The lowest BCUT2D eigenvalue weighted by Crippen LogP contribution is -2.38. The zero-order valence-corrected chi connectivity index (χ0v) is 21.6. The zero-order chi connectivity index (χ0) is 27.0. The molecule has 9 heteroatoms. The molecule has 1 aromatic heterocycles. The molecule has 194 valence electrons. The van der Waals surface area contributed by atoms with Gasteiger partial charge >= 0.3 is 0 Å². The molecule has 0 aliphatic heterocycles. The molecule has 0 fully saturated rings. The standard InChI is InChI=1S/C28H33N5O4/c1-5-19-6-8-20(9-7-19)23-14-15-25(35)33(32-23)18-24(34)29-16-17-30-26(36)21-10-12-22(13-11-21)31-27(37)28(2,3)4/h6-15H,5,16-18H2,1-4H3,(H,29,34)(H,30,36)(H,31,37). The normalized spacial score (nSPS) is 11.0. The maximum absolute atomic E-state index is 12.4. The monoisotopic (exact) mass is 503 g/mol. The van der Waals surface area contributed by atoms with Crippen LogP contribution in [0.3, 0.4) is 0 Å². The first kappa shape index (κ1) is 27.3. The summed E-state index contributed by atoms with van der Waals surface area (Å²) >= 11 is 0. The van der Waals surface area contributed by atoms with E-state index in [9.17, 15) is 19.2 Å². The van der Waals surface area contributed by atoms with Gasteiger partial charge in [-0.3, -0.25) is 19.2 Å². The highest BCUT2D eigenvalue weighted by Gasteiger charge is 2.21. The third kappa shape index (κ3) is 7.86. The highest BCUT2D eigenvalue weighted by Crippen LogP contribution is 2.18. The van der Waals surface area contributed by atoms with Crippen LogP contribution in [-0.2, 0) is 22.6 Å². The number of carbonyl (C=O) groups excluding carboxylic acids is 3. The molecule has 0 bridgehead atoms. The molecule has 0 atom stereocenters. The average molecular weight is 504 g/mol. The van der Waals surface area contributed by atoms with Crippen molar-refractivity contribution >= 4 is 23.4 Å². The van der Waals surface area contributed by atoms with Gasteiger partial charge in [0.2, 0.25) is 11.8 Å². The first-order valence-electron chi connectivity index (χ1n) is 12.2. The lowest BCUT2D eigenvalue weighted by molar-refractivity contribution is -0.123. The SMILES string of the molecule is CCc1ccc(-c2ccc(=O)n(CC(=O)NCCNC(=O)c3ccc(NC(=O)C(C)(C)C)cc3)n2)cc1. The van der Waals surface area contributed by atoms with Crippen molar-refractivity contribution in [3.63, 3.8) is 0 Å². The lowest BCUT2D eigenvalue weighted by Gasteiger charge is -2.17. The molecule has 0 saturated carbocycles. The van der Waals surface area contributed by atoms with Crippen LogP contribution in [0.1, 0.15) is 43.6 Å². The summed E-state index contributed by atoms with van der Waals surface area (Å²) in [6.45, 7) is 7.71. The first-order valence-corrected chi connectivity index (χ1v) is 12.2. The molecule has 9 nitrogen and oxygen atoms in total. The minimum atomic E-state index is -0.520. The molecular weight excluding hydrogens is 470 g/mol. The van der Waals surface area contributed by atoms with Gasteiger partial charge in [0.25, 0.3) is 11.5 Å². The molecule has 3 amide bonds. The van der Waals surface area contributed by atoms with Gasteiger partial charge < -0.3 is 16.0 Å². The van der Waals surface area contributed by atoms with Gasteiger partial charge in [-0.15, -0.1) is 0 Å². The van der Waals surface area contributed by atoms with Crippen LogP contribution < -0.4 is 21.5 Å². The highest BCUT2D eigenvalue weighted by atomic mass is 16.2. The number of hydrogen-bond donors (Lipinski definition) is 3. The van der Waals surface area contributed by atoms with Crippen molar-refractivity contribution in [2.75, 3.05) is 18.4 Å². The van der Waals surface area contributed by atoms with E-state index >= 15 is 0 Å². The van der Waals surface area contributed by atoms with Gasteiger partial charge in [-0.25, -0.2) is 4.68 Å². The van der Waals surface area contributed by atoms with E-state index in [0.29, 0.717) is 16.9 Å². The van der Waals surface area contributed by atoms with Crippen LogP contribution in [0.5, 0.6) is 0 Å². The van der Waals surface area contributed by atoms with Crippen molar-refractivity contribution in [3.8, 4) is 11.3 Å². The van der Waals surface area contributed by atoms with E-state index < -0.39 is 5.41 Å². The van der Waals surface area contributed by atoms with Gasteiger partial charge in [-0.2, -0.15) is 5.10 Å². The fraction of sp³-hybridized carbons (Fsp3) is 0.321. The van der Waals surface area contributed by atoms with Crippen molar-refractivity contribution in [2.45, 2.75) is 40.7 Å². The molecule has 3 aromatic rings. The quantitative estimate of drug-likeness (QED) is 0.388. The average Bonchev–Trinajstić information content (AvgIpc) is 2.87. The summed E-state index contributed by atoms with van der Waals surface area (Å²) in [4.78, 5) is 49.0. The molecule has 0 radical (unpaired) electrons. The Labute approximate surface area is 216 Å². The van der Waals surface area contributed by atoms with Crippen LogP contribution in [-0.4, -0.2) is 40.6 Å². The first-order chi connectivity index (χ1) is 17.6. The topological polar surface area (TPSA) is 122 Å². The summed E-state index contributed by atoms with van der Waals surface area (Å²) < 4.78 is 1.12. The molecule has 3 rings (SSSR count). The summed E-state index contributed by atoms with van der Waals surface area (Å²) in [7, 11) is 0. The van der Waals surface area contributed by atoms with Crippen LogP contribution >= 0.6 is 0 Å². The molecule has 0 aliphatic carbocycles. The minimum absolute atomic E-state index is 0.115. The Balaban J connectivity index is 1.47. The van der Waals surface area contributed by atoms with Crippen molar-refractivity contribution in [2.24, 2.45) is 5.41 Å². The fourth-order valence-corrected chi connectivity index (χ4v) is 3.32. The smallest absolute Gasteiger partial charge is 0.267 e. The van der Waals surface area contributed by atoms with E-state index in [4.69, 9.17) is 0 Å². The second-order valence-electron chi connectivity index (χ2n) is 9.65.